The Balaban J connectivity index is 2.81. The highest BCUT2D eigenvalue weighted by Crippen LogP contribution is 2.29. The van der Waals surface area contributed by atoms with Crippen LogP contribution in [-0.4, -0.2) is 28.7 Å². The standard InChI is InChI=1S/C10H14BrClN2O3S/c1-7-5-8(11)10(6-9(7)12)14-18(15,16)13-3-4-17-2/h5-6,13-14H,3-4H2,1-2H3. The molecule has 0 atom stereocenters. The molecule has 5 nitrogen and oxygen atoms in total. The predicted molar refractivity (Wildman–Crippen MR) is 76.3 cm³/mol. The molecule has 1 aromatic rings. The number of halogens is 2. The number of hydrogen-bond donors (Lipinski definition) is 2. The van der Waals surface area contributed by atoms with Crippen molar-refractivity contribution in [2.24, 2.45) is 0 Å². The Morgan fingerprint density at radius 2 is 2.11 bits per heavy atom. The normalized spacial score (nSPS) is 11.6. The quantitative estimate of drug-likeness (QED) is 0.768. The van der Waals surface area contributed by atoms with Gasteiger partial charge in [-0.1, -0.05) is 11.6 Å². The fourth-order valence-electron chi connectivity index (χ4n) is 1.18. The number of benzene rings is 1. The fourth-order valence-corrected chi connectivity index (χ4v) is 2.92. The molecule has 2 N–H and O–H groups in total. The molecule has 0 radical (unpaired) electrons. The van der Waals surface area contributed by atoms with E-state index in [0.717, 1.165) is 5.56 Å². The molecule has 18 heavy (non-hydrogen) atoms. The topological polar surface area (TPSA) is 67.4 Å². The molecule has 1 aromatic carbocycles. The van der Waals surface area contributed by atoms with Crippen LogP contribution in [0.2, 0.25) is 5.02 Å². The summed E-state index contributed by atoms with van der Waals surface area (Å²) in [4.78, 5) is 0. The molecule has 0 aliphatic rings. The van der Waals surface area contributed by atoms with Gasteiger partial charge in [0.15, 0.2) is 0 Å². The minimum absolute atomic E-state index is 0.197. The van der Waals surface area contributed by atoms with E-state index >= 15 is 0 Å². The largest absolute Gasteiger partial charge is 0.383 e. The number of methoxy groups -OCH3 is 1. The average molecular weight is 358 g/mol. The Morgan fingerprint density at radius 3 is 2.72 bits per heavy atom. The van der Waals surface area contributed by atoms with Crippen LogP contribution < -0.4 is 9.44 Å². The average Bonchev–Trinajstić information content (AvgIpc) is 2.26. The van der Waals surface area contributed by atoms with E-state index in [1.54, 1.807) is 12.1 Å². The highest BCUT2D eigenvalue weighted by Gasteiger charge is 2.12. The van der Waals surface area contributed by atoms with E-state index in [-0.39, 0.29) is 6.54 Å². The second-order valence-electron chi connectivity index (χ2n) is 3.57. The van der Waals surface area contributed by atoms with E-state index in [1.807, 2.05) is 6.92 Å². The second-order valence-corrected chi connectivity index (χ2v) is 6.34. The Bertz CT molecular complexity index is 522. The molecule has 0 fully saturated rings. The van der Waals surface area contributed by atoms with Gasteiger partial charge in [-0.3, -0.25) is 4.72 Å². The van der Waals surface area contributed by atoms with Gasteiger partial charge in [0, 0.05) is 23.1 Å². The van der Waals surface area contributed by atoms with Crippen LogP contribution in [0.25, 0.3) is 0 Å². The fraction of sp³-hybridized carbons (Fsp3) is 0.400. The van der Waals surface area contributed by atoms with Gasteiger partial charge in [-0.15, -0.1) is 0 Å². The Kier molecular flexibility index (Phi) is 5.87. The Hall–Kier alpha value is -0.340. The maximum absolute atomic E-state index is 11.7. The Morgan fingerprint density at radius 1 is 1.44 bits per heavy atom. The highest BCUT2D eigenvalue weighted by molar-refractivity contribution is 9.10. The first-order valence-corrected chi connectivity index (χ1v) is 7.73. The minimum atomic E-state index is -3.63. The maximum Gasteiger partial charge on any atom is 0.299 e. The lowest BCUT2D eigenvalue weighted by molar-refractivity contribution is 0.204. The van der Waals surface area contributed by atoms with Crippen molar-refractivity contribution in [2.75, 3.05) is 25.0 Å². The molecular formula is C10H14BrClN2O3S. The molecule has 0 unspecified atom stereocenters. The van der Waals surface area contributed by atoms with Crippen LogP contribution in [-0.2, 0) is 14.9 Å². The van der Waals surface area contributed by atoms with E-state index < -0.39 is 10.2 Å². The van der Waals surface area contributed by atoms with E-state index in [2.05, 4.69) is 25.4 Å². The lowest BCUT2D eigenvalue weighted by Gasteiger charge is -2.11. The van der Waals surface area contributed by atoms with Crippen molar-refractivity contribution in [3.63, 3.8) is 0 Å². The van der Waals surface area contributed by atoms with Crippen molar-refractivity contribution in [1.29, 1.82) is 0 Å². The first-order chi connectivity index (χ1) is 8.35. The van der Waals surface area contributed by atoms with Crippen LogP contribution in [0.4, 0.5) is 5.69 Å². The SMILES string of the molecule is COCCNS(=O)(=O)Nc1cc(Cl)c(C)cc1Br. The van der Waals surface area contributed by atoms with Gasteiger partial charge in [-0.05, 0) is 40.5 Å². The lowest BCUT2D eigenvalue weighted by Crippen LogP contribution is -2.32. The van der Waals surface area contributed by atoms with Crippen LogP contribution in [0.5, 0.6) is 0 Å². The number of aryl methyl sites for hydroxylation is 1. The summed E-state index contributed by atoms with van der Waals surface area (Å²) in [6, 6.07) is 3.30. The van der Waals surface area contributed by atoms with Crippen LogP contribution in [0.3, 0.4) is 0 Å². The molecule has 0 aliphatic carbocycles. The zero-order chi connectivity index (χ0) is 13.8. The first kappa shape index (κ1) is 15.7. The third-order valence-electron chi connectivity index (χ3n) is 2.09. The van der Waals surface area contributed by atoms with Gasteiger partial charge in [-0.2, -0.15) is 13.1 Å². The van der Waals surface area contributed by atoms with Gasteiger partial charge in [0.05, 0.1) is 12.3 Å². The lowest BCUT2D eigenvalue weighted by atomic mass is 10.2. The van der Waals surface area contributed by atoms with Crippen molar-refractivity contribution in [1.82, 2.24) is 4.72 Å². The zero-order valence-electron chi connectivity index (χ0n) is 9.96. The van der Waals surface area contributed by atoms with Crippen LogP contribution in [0.1, 0.15) is 5.56 Å². The summed E-state index contributed by atoms with van der Waals surface area (Å²) in [7, 11) is -2.13. The predicted octanol–water partition coefficient (Wildman–Crippen LogP) is 2.30. The summed E-state index contributed by atoms with van der Waals surface area (Å²) < 4.78 is 33.5. The summed E-state index contributed by atoms with van der Waals surface area (Å²) in [5.74, 6) is 0. The molecule has 102 valence electrons. The van der Waals surface area contributed by atoms with Gasteiger partial charge in [0.25, 0.3) is 10.2 Å². The van der Waals surface area contributed by atoms with Crippen molar-refractivity contribution >= 4 is 43.4 Å². The van der Waals surface area contributed by atoms with E-state index in [1.165, 1.54) is 7.11 Å². The minimum Gasteiger partial charge on any atom is -0.383 e. The van der Waals surface area contributed by atoms with E-state index in [4.69, 9.17) is 16.3 Å². The molecule has 8 heteroatoms. The summed E-state index contributed by atoms with van der Waals surface area (Å²) in [6.45, 7) is 2.34. The number of hydrogen-bond acceptors (Lipinski definition) is 3. The molecule has 0 aromatic heterocycles. The molecule has 0 saturated heterocycles. The van der Waals surface area contributed by atoms with Gasteiger partial charge in [-0.25, -0.2) is 0 Å². The smallest absolute Gasteiger partial charge is 0.299 e. The van der Waals surface area contributed by atoms with E-state index in [0.29, 0.717) is 21.8 Å². The van der Waals surface area contributed by atoms with Crippen LogP contribution in [0.15, 0.2) is 16.6 Å². The Labute approximate surface area is 120 Å². The molecule has 0 aliphatic heterocycles. The van der Waals surface area contributed by atoms with Crippen molar-refractivity contribution in [2.45, 2.75) is 6.92 Å². The van der Waals surface area contributed by atoms with Gasteiger partial charge in [0.2, 0.25) is 0 Å². The third kappa shape index (κ3) is 4.74. The number of nitrogens with one attached hydrogen (secondary N) is 2. The van der Waals surface area contributed by atoms with Crippen molar-refractivity contribution in [3.05, 3.63) is 27.2 Å². The van der Waals surface area contributed by atoms with Crippen molar-refractivity contribution in [3.8, 4) is 0 Å². The highest BCUT2D eigenvalue weighted by atomic mass is 79.9. The van der Waals surface area contributed by atoms with Gasteiger partial charge < -0.3 is 4.74 Å². The molecule has 0 bridgehead atoms. The summed E-state index contributed by atoms with van der Waals surface area (Å²) in [5, 5.41) is 0.493. The van der Waals surface area contributed by atoms with Crippen LogP contribution in [0, 0.1) is 6.92 Å². The zero-order valence-corrected chi connectivity index (χ0v) is 13.1. The van der Waals surface area contributed by atoms with Crippen molar-refractivity contribution < 1.29 is 13.2 Å². The van der Waals surface area contributed by atoms with Crippen LogP contribution >= 0.6 is 27.5 Å². The molecular weight excluding hydrogens is 344 g/mol. The summed E-state index contributed by atoms with van der Waals surface area (Å²) in [5.41, 5.74) is 1.24. The number of ether oxygens (including phenoxy) is 1. The third-order valence-corrected chi connectivity index (χ3v) is 4.23. The summed E-state index contributed by atoms with van der Waals surface area (Å²) >= 11 is 9.22. The summed E-state index contributed by atoms with van der Waals surface area (Å²) in [6.07, 6.45) is 0. The molecule has 0 spiro atoms. The number of rotatable bonds is 6. The van der Waals surface area contributed by atoms with Gasteiger partial charge in [0.1, 0.15) is 0 Å². The molecule has 0 heterocycles. The second kappa shape index (κ2) is 6.72. The monoisotopic (exact) mass is 356 g/mol. The first-order valence-electron chi connectivity index (χ1n) is 5.07. The number of anilines is 1. The molecule has 0 amide bonds. The van der Waals surface area contributed by atoms with E-state index in [9.17, 15) is 8.42 Å². The molecule has 0 saturated carbocycles. The van der Waals surface area contributed by atoms with Gasteiger partial charge >= 0.3 is 0 Å². The maximum atomic E-state index is 11.7. The molecule has 1 rings (SSSR count).